The summed E-state index contributed by atoms with van der Waals surface area (Å²) in [4.78, 5) is 11.8. The molecule has 0 fully saturated rings. The Bertz CT molecular complexity index is 634. The standard InChI is InChI=1S/C23H30O3/c1-3-5-9-20(17-19-10-7-6-8-11-19)18-26-22-14-12-21(13-15-22)23(24)25-16-4-2/h6-8,10-15,20H,3-5,9,16-18H2,1-2H3. The Hall–Kier alpha value is -2.29. The molecule has 1 unspecified atom stereocenters. The van der Waals surface area contributed by atoms with Crippen LogP contribution in [0, 0.1) is 5.92 Å². The quantitative estimate of drug-likeness (QED) is 0.487. The molecule has 3 nitrogen and oxygen atoms in total. The number of benzene rings is 2. The number of rotatable bonds is 11. The molecule has 0 saturated heterocycles. The maximum atomic E-state index is 11.8. The van der Waals surface area contributed by atoms with Gasteiger partial charge in [0.15, 0.2) is 0 Å². The molecule has 2 rings (SSSR count). The minimum atomic E-state index is -0.275. The molecule has 0 aromatic heterocycles. The van der Waals surface area contributed by atoms with Crippen molar-refractivity contribution < 1.29 is 14.3 Å². The molecule has 0 saturated carbocycles. The highest BCUT2D eigenvalue weighted by molar-refractivity contribution is 5.89. The van der Waals surface area contributed by atoms with Crippen molar-refractivity contribution in [3.63, 3.8) is 0 Å². The topological polar surface area (TPSA) is 35.5 Å². The van der Waals surface area contributed by atoms with Crippen molar-refractivity contribution >= 4 is 5.97 Å². The third kappa shape index (κ3) is 6.91. The lowest BCUT2D eigenvalue weighted by molar-refractivity contribution is 0.0505. The van der Waals surface area contributed by atoms with Crippen LogP contribution >= 0.6 is 0 Å². The van der Waals surface area contributed by atoms with Gasteiger partial charge in [-0.05, 0) is 55.0 Å². The summed E-state index contributed by atoms with van der Waals surface area (Å²) in [6, 6.07) is 17.8. The van der Waals surface area contributed by atoms with Gasteiger partial charge >= 0.3 is 5.97 Å². The first-order valence-electron chi connectivity index (χ1n) is 9.66. The fourth-order valence-electron chi connectivity index (χ4n) is 2.86. The van der Waals surface area contributed by atoms with Gasteiger partial charge in [-0.25, -0.2) is 4.79 Å². The van der Waals surface area contributed by atoms with Gasteiger partial charge in [-0.2, -0.15) is 0 Å². The number of carbonyl (C=O) groups is 1. The number of ether oxygens (including phenoxy) is 2. The molecule has 2 aromatic rings. The first-order chi connectivity index (χ1) is 12.7. The van der Waals surface area contributed by atoms with Gasteiger partial charge in [-0.15, -0.1) is 0 Å². The second-order valence-corrected chi connectivity index (χ2v) is 6.67. The normalized spacial score (nSPS) is 11.8. The Morgan fingerprint density at radius 1 is 0.962 bits per heavy atom. The van der Waals surface area contributed by atoms with Crippen molar-refractivity contribution in [3.05, 3.63) is 65.7 Å². The monoisotopic (exact) mass is 354 g/mol. The zero-order valence-corrected chi connectivity index (χ0v) is 15.9. The number of hydrogen-bond acceptors (Lipinski definition) is 3. The predicted octanol–water partition coefficient (Wildman–Crippen LogP) is 5.68. The van der Waals surface area contributed by atoms with E-state index in [2.05, 4.69) is 31.2 Å². The summed E-state index contributed by atoms with van der Waals surface area (Å²) in [5, 5.41) is 0. The van der Waals surface area contributed by atoms with Crippen molar-refractivity contribution in [1.82, 2.24) is 0 Å². The summed E-state index contributed by atoms with van der Waals surface area (Å²) in [7, 11) is 0. The lowest BCUT2D eigenvalue weighted by Crippen LogP contribution is -2.15. The van der Waals surface area contributed by atoms with Crippen LogP contribution in [-0.2, 0) is 11.2 Å². The van der Waals surface area contributed by atoms with E-state index in [-0.39, 0.29) is 5.97 Å². The molecule has 3 heteroatoms. The molecule has 0 N–H and O–H groups in total. The predicted molar refractivity (Wildman–Crippen MR) is 106 cm³/mol. The van der Waals surface area contributed by atoms with Crippen molar-refractivity contribution in [1.29, 1.82) is 0 Å². The van der Waals surface area contributed by atoms with E-state index in [0.29, 0.717) is 24.7 Å². The minimum absolute atomic E-state index is 0.275. The summed E-state index contributed by atoms with van der Waals surface area (Å²) in [5.41, 5.74) is 1.92. The molecule has 0 heterocycles. The van der Waals surface area contributed by atoms with Crippen molar-refractivity contribution in [3.8, 4) is 5.75 Å². The van der Waals surface area contributed by atoms with Gasteiger partial charge in [0.05, 0.1) is 18.8 Å². The van der Waals surface area contributed by atoms with E-state index in [4.69, 9.17) is 9.47 Å². The molecule has 0 aliphatic rings. The smallest absolute Gasteiger partial charge is 0.338 e. The minimum Gasteiger partial charge on any atom is -0.493 e. The van der Waals surface area contributed by atoms with Gasteiger partial charge in [0.2, 0.25) is 0 Å². The molecule has 1 atom stereocenters. The molecular weight excluding hydrogens is 324 g/mol. The Labute approximate surface area is 157 Å². The maximum Gasteiger partial charge on any atom is 0.338 e. The molecule has 2 aromatic carbocycles. The Kier molecular flexibility index (Phi) is 8.74. The van der Waals surface area contributed by atoms with Crippen molar-refractivity contribution in [2.45, 2.75) is 46.0 Å². The lowest BCUT2D eigenvalue weighted by atomic mass is 9.95. The molecule has 140 valence electrons. The second kappa shape index (κ2) is 11.3. The van der Waals surface area contributed by atoms with Crippen LogP contribution in [0.4, 0.5) is 0 Å². The van der Waals surface area contributed by atoms with Crippen LogP contribution in [0.3, 0.4) is 0 Å². The van der Waals surface area contributed by atoms with Crippen LogP contribution in [0.15, 0.2) is 54.6 Å². The average molecular weight is 354 g/mol. The molecule has 0 aliphatic heterocycles. The van der Waals surface area contributed by atoms with Crippen LogP contribution in [-0.4, -0.2) is 19.2 Å². The van der Waals surface area contributed by atoms with Gasteiger partial charge in [0.1, 0.15) is 5.75 Å². The number of esters is 1. The average Bonchev–Trinajstić information content (AvgIpc) is 2.69. The summed E-state index contributed by atoms with van der Waals surface area (Å²) < 4.78 is 11.1. The van der Waals surface area contributed by atoms with Crippen LogP contribution < -0.4 is 4.74 Å². The molecule has 0 spiro atoms. The maximum absolute atomic E-state index is 11.8. The molecule has 26 heavy (non-hydrogen) atoms. The van der Waals surface area contributed by atoms with E-state index in [0.717, 1.165) is 25.0 Å². The first kappa shape index (κ1) is 20.0. The van der Waals surface area contributed by atoms with Gasteiger partial charge in [0.25, 0.3) is 0 Å². The fraction of sp³-hybridized carbons (Fsp3) is 0.435. The highest BCUT2D eigenvalue weighted by Crippen LogP contribution is 2.19. The van der Waals surface area contributed by atoms with E-state index >= 15 is 0 Å². The largest absolute Gasteiger partial charge is 0.493 e. The van der Waals surface area contributed by atoms with Crippen LogP contribution in [0.2, 0.25) is 0 Å². The molecular formula is C23H30O3. The Balaban J connectivity index is 1.89. The number of unbranched alkanes of at least 4 members (excludes halogenated alkanes) is 1. The van der Waals surface area contributed by atoms with E-state index in [9.17, 15) is 4.79 Å². The van der Waals surface area contributed by atoms with E-state index < -0.39 is 0 Å². The molecule has 0 bridgehead atoms. The zero-order valence-electron chi connectivity index (χ0n) is 15.9. The Morgan fingerprint density at radius 3 is 2.35 bits per heavy atom. The third-order valence-electron chi connectivity index (χ3n) is 4.35. The first-order valence-corrected chi connectivity index (χ1v) is 9.66. The van der Waals surface area contributed by atoms with Gasteiger partial charge in [0, 0.05) is 0 Å². The SMILES string of the molecule is CCCCC(COc1ccc(C(=O)OCCC)cc1)Cc1ccccc1. The second-order valence-electron chi connectivity index (χ2n) is 6.67. The van der Waals surface area contributed by atoms with Crippen molar-refractivity contribution in [2.75, 3.05) is 13.2 Å². The van der Waals surface area contributed by atoms with Crippen molar-refractivity contribution in [2.24, 2.45) is 5.92 Å². The highest BCUT2D eigenvalue weighted by atomic mass is 16.5. The summed E-state index contributed by atoms with van der Waals surface area (Å²) in [5.74, 6) is 1.02. The molecule has 0 radical (unpaired) electrons. The highest BCUT2D eigenvalue weighted by Gasteiger charge is 2.12. The van der Waals surface area contributed by atoms with E-state index in [1.165, 1.54) is 18.4 Å². The fourth-order valence-corrected chi connectivity index (χ4v) is 2.86. The molecule has 0 amide bonds. The van der Waals surface area contributed by atoms with Crippen LogP contribution in [0.5, 0.6) is 5.75 Å². The number of hydrogen-bond donors (Lipinski definition) is 0. The van der Waals surface area contributed by atoms with Gasteiger partial charge in [-0.3, -0.25) is 0 Å². The summed E-state index contributed by atoms with van der Waals surface area (Å²) in [6.45, 7) is 5.34. The van der Waals surface area contributed by atoms with Crippen LogP contribution in [0.25, 0.3) is 0 Å². The van der Waals surface area contributed by atoms with Gasteiger partial charge < -0.3 is 9.47 Å². The summed E-state index contributed by atoms with van der Waals surface area (Å²) >= 11 is 0. The third-order valence-corrected chi connectivity index (χ3v) is 4.35. The Morgan fingerprint density at radius 2 is 1.69 bits per heavy atom. The van der Waals surface area contributed by atoms with E-state index in [1.54, 1.807) is 12.1 Å². The van der Waals surface area contributed by atoms with Crippen LogP contribution in [0.1, 0.15) is 55.5 Å². The summed E-state index contributed by atoms with van der Waals surface area (Å²) in [6.07, 6.45) is 5.42. The van der Waals surface area contributed by atoms with Gasteiger partial charge in [-0.1, -0.05) is 57.0 Å². The lowest BCUT2D eigenvalue weighted by Gasteiger charge is -2.18. The zero-order chi connectivity index (χ0) is 18.6. The number of carbonyl (C=O) groups excluding carboxylic acids is 1. The van der Waals surface area contributed by atoms with E-state index in [1.807, 2.05) is 25.1 Å². The molecule has 0 aliphatic carbocycles.